The molecule has 0 radical (unpaired) electrons. The van der Waals surface area contributed by atoms with Gasteiger partial charge >= 0.3 is 0 Å². The maximum absolute atomic E-state index is 4.67. The topological polar surface area (TPSA) is 29.9 Å². The molecule has 3 rings (SSSR count). The summed E-state index contributed by atoms with van der Waals surface area (Å²) in [6.07, 6.45) is 2.15. The van der Waals surface area contributed by atoms with Gasteiger partial charge in [-0.1, -0.05) is 19.1 Å². The molecule has 0 spiro atoms. The zero-order valence-electron chi connectivity index (χ0n) is 11.0. The fraction of sp³-hybridized carbons (Fsp3) is 0.400. The van der Waals surface area contributed by atoms with Crippen LogP contribution in [0.25, 0.3) is 5.69 Å². The van der Waals surface area contributed by atoms with Crippen molar-refractivity contribution in [2.45, 2.75) is 33.2 Å². The van der Waals surface area contributed by atoms with Crippen molar-refractivity contribution in [1.29, 1.82) is 0 Å². The van der Waals surface area contributed by atoms with E-state index in [0.717, 1.165) is 31.8 Å². The zero-order chi connectivity index (χ0) is 12.5. The number of hydrogen-bond donors (Lipinski definition) is 1. The van der Waals surface area contributed by atoms with E-state index in [0.29, 0.717) is 0 Å². The van der Waals surface area contributed by atoms with Crippen LogP contribution in [0.2, 0.25) is 0 Å². The van der Waals surface area contributed by atoms with E-state index in [-0.39, 0.29) is 0 Å². The molecule has 3 nitrogen and oxygen atoms in total. The monoisotopic (exact) mass is 241 g/mol. The van der Waals surface area contributed by atoms with E-state index in [4.69, 9.17) is 0 Å². The Balaban J connectivity index is 2.07. The highest BCUT2D eigenvalue weighted by atomic mass is 15.1. The third-order valence-corrected chi connectivity index (χ3v) is 3.66. The Bertz CT molecular complexity index is 552. The number of nitrogens with zero attached hydrogens (tertiary/aromatic N) is 2. The standard InChI is InChI=1S/C15H19N3/c1-3-12-4-6-13(7-5-12)18-11(2)17-14-10-16-9-8-15(14)18/h4-7,16H,3,8-10H2,1-2H3. The molecule has 2 aromatic rings. The summed E-state index contributed by atoms with van der Waals surface area (Å²) in [6, 6.07) is 8.83. The van der Waals surface area contributed by atoms with Gasteiger partial charge in [-0.3, -0.25) is 0 Å². The van der Waals surface area contributed by atoms with E-state index in [1.807, 2.05) is 0 Å². The highest BCUT2D eigenvalue weighted by molar-refractivity contribution is 5.40. The van der Waals surface area contributed by atoms with Gasteiger partial charge in [0, 0.05) is 30.9 Å². The first-order valence-corrected chi connectivity index (χ1v) is 6.66. The van der Waals surface area contributed by atoms with Crippen LogP contribution in [0.1, 0.15) is 29.7 Å². The minimum atomic E-state index is 0.899. The third kappa shape index (κ3) is 1.85. The Morgan fingerprint density at radius 1 is 1.28 bits per heavy atom. The van der Waals surface area contributed by atoms with Gasteiger partial charge in [0.15, 0.2) is 0 Å². The summed E-state index contributed by atoms with van der Waals surface area (Å²) in [5.41, 5.74) is 5.20. The average molecular weight is 241 g/mol. The van der Waals surface area contributed by atoms with Gasteiger partial charge < -0.3 is 9.88 Å². The Morgan fingerprint density at radius 2 is 2.06 bits per heavy atom. The van der Waals surface area contributed by atoms with Gasteiger partial charge in [0.2, 0.25) is 0 Å². The summed E-state index contributed by atoms with van der Waals surface area (Å²) in [7, 11) is 0. The molecule has 0 bridgehead atoms. The predicted octanol–water partition coefficient (Wildman–Crippen LogP) is 2.39. The number of hydrogen-bond acceptors (Lipinski definition) is 2. The van der Waals surface area contributed by atoms with E-state index in [1.54, 1.807) is 0 Å². The maximum Gasteiger partial charge on any atom is 0.110 e. The van der Waals surface area contributed by atoms with Crippen LogP contribution in [0.3, 0.4) is 0 Å². The molecule has 0 unspecified atom stereocenters. The second-order valence-corrected chi connectivity index (χ2v) is 4.83. The molecule has 1 N–H and O–H groups in total. The highest BCUT2D eigenvalue weighted by Gasteiger charge is 2.18. The fourth-order valence-corrected chi connectivity index (χ4v) is 2.67. The lowest BCUT2D eigenvalue weighted by atomic mass is 10.1. The van der Waals surface area contributed by atoms with Gasteiger partial charge in [-0.2, -0.15) is 0 Å². The van der Waals surface area contributed by atoms with Crippen LogP contribution in [-0.2, 0) is 19.4 Å². The molecule has 1 aliphatic rings. The molecule has 18 heavy (non-hydrogen) atoms. The molecule has 0 saturated carbocycles. The molecular formula is C15H19N3. The molecule has 0 saturated heterocycles. The van der Waals surface area contributed by atoms with E-state index < -0.39 is 0 Å². The van der Waals surface area contributed by atoms with Gasteiger partial charge in [0.25, 0.3) is 0 Å². The minimum Gasteiger partial charge on any atom is -0.311 e. The molecular weight excluding hydrogens is 222 g/mol. The smallest absolute Gasteiger partial charge is 0.110 e. The van der Waals surface area contributed by atoms with E-state index in [9.17, 15) is 0 Å². The van der Waals surface area contributed by atoms with Gasteiger partial charge in [0.1, 0.15) is 5.82 Å². The van der Waals surface area contributed by atoms with Crippen LogP contribution in [0.5, 0.6) is 0 Å². The van der Waals surface area contributed by atoms with Crippen LogP contribution in [-0.4, -0.2) is 16.1 Å². The zero-order valence-corrected chi connectivity index (χ0v) is 11.0. The van der Waals surface area contributed by atoms with Crippen LogP contribution in [0.4, 0.5) is 0 Å². The minimum absolute atomic E-state index is 0.899. The largest absolute Gasteiger partial charge is 0.311 e. The predicted molar refractivity (Wildman–Crippen MR) is 73.1 cm³/mol. The number of aromatic nitrogens is 2. The summed E-state index contributed by atoms with van der Waals surface area (Å²) < 4.78 is 2.30. The summed E-state index contributed by atoms with van der Waals surface area (Å²) in [6.45, 7) is 6.22. The number of nitrogens with one attached hydrogen (secondary N) is 1. The van der Waals surface area contributed by atoms with Crippen molar-refractivity contribution < 1.29 is 0 Å². The van der Waals surface area contributed by atoms with Gasteiger partial charge in [0.05, 0.1) is 5.69 Å². The first-order chi connectivity index (χ1) is 8.79. The lowest BCUT2D eigenvalue weighted by Gasteiger charge is -2.16. The molecule has 0 amide bonds. The van der Waals surface area contributed by atoms with Crippen LogP contribution in [0.15, 0.2) is 24.3 Å². The van der Waals surface area contributed by atoms with Crippen molar-refractivity contribution in [3.63, 3.8) is 0 Å². The van der Waals surface area contributed by atoms with Gasteiger partial charge in [-0.25, -0.2) is 4.98 Å². The van der Waals surface area contributed by atoms with Crippen molar-refractivity contribution in [2.75, 3.05) is 6.54 Å². The Hall–Kier alpha value is -1.61. The maximum atomic E-state index is 4.67. The molecule has 1 aromatic heterocycles. The Morgan fingerprint density at radius 3 is 2.78 bits per heavy atom. The second-order valence-electron chi connectivity index (χ2n) is 4.83. The van der Waals surface area contributed by atoms with Crippen LogP contribution >= 0.6 is 0 Å². The molecule has 94 valence electrons. The van der Waals surface area contributed by atoms with Gasteiger partial charge in [-0.05, 0) is 31.0 Å². The quantitative estimate of drug-likeness (QED) is 0.875. The second kappa shape index (κ2) is 4.58. The number of rotatable bonds is 2. The van der Waals surface area contributed by atoms with E-state index in [1.165, 1.54) is 22.6 Å². The average Bonchev–Trinajstić information content (AvgIpc) is 2.75. The molecule has 1 aliphatic heterocycles. The number of benzene rings is 1. The summed E-state index contributed by atoms with van der Waals surface area (Å²) in [5, 5.41) is 3.38. The third-order valence-electron chi connectivity index (χ3n) is 3.66. The summed E-state index contributed by atoms with van der Waals surface area (Å²) in [4.78, 5) is 4.67. The Labute approximate surface area is 108 Å². The number of aryl methyl sites for hydroxylation is 2. The number of imidazole rings is 1. The van der Waals surface area contributed by atoms with Crippen molar-refractivity contribution in [2.24, 2.45) is 0 Å². The molecule has 0 aliphatic carbocycles. The Kier molecular flexibility index (Phi) is 2.92. The van der Waals surface area contributed by atoms with Crippen molar-refractivity contribution >= 4 is 0 Å². The SMILES string of the molecule is CCc1ccc(-n2c(C)nc3c2CCNC3)cc1. The normalized spacial score (nSPS) is 14.6. The van der Waals surface area contributed by atoms with Crippen molar-refractivity contribution in [3.8, 4) is 5.69 Å². The van der Waals surface area contributed by atoms with E-state index >= 15 is 0 Å². The highest BCUT2D eigenvalue weighted by Crippen LogP contribution is 2.21. The van der Waals surface area contributed by atoms with Crippen molar-refractivity contribution in [3.05, 3.63) is 47.0 Å². The molecule has 2 heterocycles. The van der Waals surface area contributed by atoms with E-state index in [2.05, 4.69) is 53.0 Å². The van der Waals surface area contributed by atoms with Crippen LogP contribution < -0.4 is 5.32 Å². The number of fused-ring (bicyclic) bond motifs is 1. The lowest BCUT2D eigenvalue weighted by Crippen LogP contribution is -2.24. The summed E-state index contributed by atoms with van der Waals surface area (Å²) in [5.74, 6) is 1.09. The first kappa shape index (κ1) is 11.5. The first-order valence-electron chi connectivity index (χ1n) is 6.66. The summed E-state index contributed by atoms with van der Waals surface area (Å²) >= 11 is 0. The lowest BCUT2D eigenvalue weighted by molar-refractivity contribution is 0.620. The molecule has 1 aromatic carbocycles. The molecule has 0 fully saturated rings. The van der Waals surface area contributed by atoms with Gasteiger partial charge in [-0.15, -0.1) is 0 Å². The van der Waals surface area contributed by atoms with Crippen molar-refractivity contribution in [1.82, 2.24) is 14.9 Å². The fourth-order valence-electron chi connectivity index (χ4n) is 2.67. The van der Waals surface area contributed by atoms with Crippen LogP contribution in [0, 0.1) is 6.92 Å². The molecule has 3 heteroatoms. The molecule has 0 atom stereocenters.